The van der Waals surface area contributed by atoms with E-state index in [9.17, 15) is 4.79 Å². The molecule has 1 saturated heterocycles. The van der Waals surface area contributed by atoms with Gasteiger partial charge in [0.1, 0.15) is 11.6 Å². The summed E-state index contributed by atoms with van der Waals surface area (Å²) in [5.74, 6) is 1.92. The van der Waals surface area contributed by atoms with Gasteiger partial charge in [0.2, 0.25) is 5.91 Å². The number of carbonyl (C=O) groups excluding carboxylic acids is 1. The maximum atomic E-state index is 12.3. The summed E-state index contributed by atoms with van der Waals surface area (Å²) in [4.78, 5) is 12.3. The fraction of sp³-hybridized carbons (Fsp3) is 0.526. The maximum absolute atomic E-state index is 12.3. The van der Waals surface area contributed by atoms with Crippen LogP contribution in [0.4, 0.5) is 5.69 Å². The van der Waals surface area contributed by atoms with E-state index in [0.717, 1.165) is 54.8 Å². The topological polar surface area (TPSA) is 78.3 Å². The van der Waals surface area contributed by atoms with Crippen molar-refractivity contribution in [2.75, 3.05) is 24.3 Å². The summed E-state index contributed by atoms with van der Waals surface area (Å²) in [6, 6.07) is 7.36. The van der Waals surface area contributed by atoms with Crippen LogP contribution in [0.1, 0.15) is 32.5 Å². The number of nitrogens with zero attached hydrogens (tertiary/aromatic N) is 3. The zero-order valence-electron chi connectivity index (χ0n) is 15.8. The van der Waals surface area contributed by atoms with Crippen molar-refractivity contribution >= 4 is 23.4 Å². The molecule has 1 amide bonds. The van der Waals surface area contributed by atoms with E-state index in [-0.39, 0.29) is 17.8 Å². The van der Waals surface area contributed by atoms with Crippen LogP contribution in [0.2, 0.25) is 0 Å². The monoisotopic (exact) mass is 390 g/mol. The molecule has 3 rings (SSSR count). The molecule has 1 aliphatic heterocycles. The number of rotatable bonds is 9. The first kappa shape index (κ1) is 19.7. The number of amides is 1. The summed E-state index contributed by atoms with van der Waals surface area (Å²) in [6.45, 7) is 6.19. The second-order valence-electron chi connectivity index (χ2n) is 6.29. The van der Waals surface area contributed by atoms with Gasteiger partial charge in [-0.2, -0.15) is 0 Å². The van der Waals surface area contributed by atoms with Gasteiger partial charge in [0, 0.05) is 18.7 Å². The van der Waals surface area contributed by atoms with Gasteiger partial charge in [-0.3, -0.25) is 4.79 Å². The number of hydrogen-bond donors (Lipinski definition) is 1. The minimum atomic E-state index is -0.0751. The summed E-state index contributed by atoms with van der Waals surface area (Å²) in [7, 11) is 0. The number of ether oxygens (including phenoxy) is 2. The summed E-state index contributed by atoms with van der Waals surface area (Å²) in [6.07, 6.45) is 3.17. The quantitative estimate of drug-likeness (QED) is 0.663. The molecule has 0 bridgehead atoms. The smallest absolute Gasteiger partial charge is 0.234 e. The lowest BCUT2D eigenvalue weighted by Crippen LogP contribution is -2.19. The van der Waals surface area contributed by atoms with Gasteiger partial charge in [-0.25, -0.2) is 0 Å². The molecule has 27 heavy (non-hydrogen) atoms. The molecule has 2 aromatic rings. The number of thioether (sulfide) groups is 1. The molecular formula is C19H26N4O3S. The summed E-state index contributed by atoms with van der Waals surface area (Å²) in [5, 5.41) is 12.2. The van der Waals surface area contributed by atoms with Crippen molar-refractivity contribution in [3.05, 3.63) is 30.1 Å². The highest BCUT2D eigenvalue weighted by Gasteiger charge is 2.20. The molecule has 1 fully saturated rings. The number of nitrogens with one attached hydrogen (secondary N) is 1. The maximum Gasteiger partial charge on any atom is 0.234 e. The number of carbonyl (C=O) groups is 1. The van der Waals surface area contributed by atoms with Crippen molar-refractivity contribution in [2.24, 2.45) is 0 Å². The van der Waals surface area contributed by atoms with Gasteiger partial charge in [0.05, 0.1) is 25.0 Å². The molecule has 1 aliphatic rings. The summed E-state index contributed by atoms with van der Waals surface area (Å²) < 4.78 is 13.2. The minimum absolute atomic E-state index is 0.0751. The van der Waals surface area contributed by atoms with Crippen LogP contribution in [-0.4, -0.2) is 45.7 Å². The van der Waals surface area contributed by atoms with E-state index in [1.807, 2.05) is 31.2 Å². The predicted molar refractivity (Wildman–Crippen MR) is 105 cm³/mol. The molecule has 1 aromatic carbocycles. The van der Waals surface area contributed by atoms with Crippen molar-refractivity contribution in [1.82, 2.24) is 14.8 Å². The third-order valence-corrected chi connectivity index (χ3v) is 5.27. The summed E-state index contributed by atoms with van der Waals surface area (Å²) >= 11 is 1.40. The highest BCUT2D eigenvalue weighted by Crippen LogP contribution is 2.22. The SMILES string of the molecule is CCOc1ccc(NC(=O)CSc2nnc(CC)n2CC2CCCO2)cc1. The van der Waals surface area contributed by atoms with Gasteiger partial charge < -0.3 is 19.4 Å². The van der Waals surface area contributed by atoms with Crippen LogP contribution in [-0.2, 0) is 22.5 Å². The van der Waals surface area contributed by atoms with Gasteiger partial charge in [-0.15, -0.1) is 10.2 Å². The second-order valence-corrected chi connectivity index (χ2v) is 7.23. The van der Waals surface area contributed by atoms with Crippen LogP contribution >= 0.6 is 11.8 Å². The Kier molecular flexibility index (Phi) is 7.11. The van der Waals surface area contributed by atoms with Crippen LogP contribution < -0.4 is 10.1 Å². The fourth-order valence-corrected chi connectivity index (χ4v) is 3.76. The number of aromatic nitrogens is 3. The molecule has 1 unspecified atom stereocenters. The van der Waals surface area contributed by atoms with E-state index in [1.165, 1.54) is 11.8 Å². The molecule has 8 heteroatoms. The van der Waals surface area contributed by atoms with E-state index in [4.69, 9.17) is 9.47 Å². The van der Waals surface area contributed by atoms with E-state index in [0.29, 0.717) is 6.61 Å². The van der Waals surface area contributed by atoms with Gasteiger partial charge in [-0.1, -0.05) is 18.7 Å². The molecule has 0 aliphatic carbocycles. The number of benzene rings is 1. The number of hydrogen-bond acceptors (Lipinski definition) is 6. The van der Waals surface area contributed by atoms with Gasteiger partial charge in [0.15, 0.2) is 5.16 Å². The third-order valence-electron chi connectivity index (χ3n) is 4.30. The van der Waals surface area contributed by atoms with Crippen molar-refractivity contribution in [1.29, 1.82) is 0 Å². The van der Waals surface area contributed by atoms with Crippen molar-refractivity contribution < 1.29 is 14.3 Å². The van der Waals surface area contributed by atoms with Crippen molar-refractivity contribution in [3.8, 4) is 5.75 Å². The van der Waals surface area contributed by atoms with E-state index >= 15 is 0 Å². The lowest BCUT2D eigenvalue weighted by Gasteiger charge is -2.14. The van der Waals surface area contributed by atoms with Gasteiger partial charge in [0.25, 0.3) is 0 Å². The molecule has 0 spiro atoms. The molecule has 1 N–H and O–H groups in total. The molecule has 146 valence electrons. The lowest BCUT2D eigenvalue weighted by molar-refractivity contribution is -0.113. The molecule has 0 radical (unpaired) electrons. The Labute approximate surface area is 163 Å². The normalized spacial score (nSPS) is 16.4. The zero-order valence-corrected chi connectivity index (χ0v) is 16.6. The first-order chi connectivity index (χ1) is 13.2. The molecular weight excluding hydrogens is 364 g/mol. The zero-order chi connectivity index (χ0) is 19.1. The molecule has 1 atom stereocenters. The fourth-order valence-electron chi connectivity index (χ4n) is 2.99. The molecule has 7 nitrogen and oxygen atoms in total. The standard InChI is InChI=1S/C19H26N4O3S/c1-3-17-21-22-19(23(17)12-16-6-5-11-26-16)27-13-18(24)20-14-7-9-15(10-8-14)25-4-2/h7-10,16H,3-6,11-13H2,1-2H3,(H,20,24). The van der Waals surface area contributed by atoms with E-state index in [1.54, 1.807) is 0 Å². The first-order valence-corrected chi connectivity index (χ1v) is 10.4. The molecule has 0 saturated carbocycles. The highest BCUT2D eigenvalue weighted by atomic mass is 32.2. The highest BCUT2D eigenvalue weighted by molar-refractivity contribution is 7.99. The Balaban J connectivity index is 1.55. The Bertz CT molecular complexity index is 742. The third kappa shape index (κ3) is 5.46. The Hall–Kier alpha value is -2.06. The van der Waals surface area contributed by atoms with Crippen LogP contribution in [0, 0.1) is 0 Å². The van der Waals surface area contributed by atoms with E-state index in [2.05, 4.69) is 27.0 Å². The predicted octanol–water partition coefficient (Wildman–Crippen LogP) is 3.15. The molecule has 1 aromatic heterocycles. The minimum Gasteiger partial charge on any atom is -0.494 e. The number of aryl methyl sites for hydroxylation is 1. The first-order valence-electron chi connectivity index (χ1n) is 9.38. The van der Waals surface area contributed by atoms with Crippen molar-refractivity contribution in [2.45, 2.75) is 50.9 Å². The number of anilines is 1. The van der Waals surface area contributed by atoms with Crippen LogP contribution in [0.5, 0.6) is 5.75 Å². The van der Waals surface area contributed by atoms with E-state index < -0.39 is 0 Å². The largest absolute Gasteiger partial charge is 0.494 e. The van der Waals surface area contributed by atoms with Crippen molar-refractivity contribution in [3.63, 3.8) is 0 Å². The average molecular weight is 391 g/mol. The van der Waals surface area contributed by atoms with Crippen LogP contribution in [0.25, 0.3) is 0 Å². The van der Waals surface area contributed by atoms with Crippen LogP contribution in [0.3, 0.4) is 0 Å². The van der Waals surface area contributed by atoms with Gasteiger partial charge >= 0.3 is 0 Å². The average Bonchev–Trinajstić information content (AvgIpc) is 3.32. The Morgan fingerprint density at radius 3 is 2.81 bits per heavy atom. The summed E-state index contributed by atoms with van der Waals surface area (Å²) in [5.41, 5.74) is 0.749. The van der Waals surface area contributed by atoms with Gasteiger partial charge in [-0.05, 0) is 44.0 Å². The van der Waals surface area contributed by atoms with Crippen LogP contribution in [0.15, 0.2) is 29.4 Å². The Morgan fingerprint density at radius 2 is 2.15 bits per heavy atom. The molecule has 2 heterocycles. The Morgan fingerprint density at radius 1 is 1.33 bits per heavy atom. The second kappa shape index (κ2) is 9.75. The lowest BCUT2D eigenvalue weighted by atomic mass is 10.2.